The van der Waals surface area contributed by atoms with Crippen LogP contribution >= 0.6 is 0 Å². The van der Waals surface area contributed by atoms with Crippen molar-refractivity contribution in [2.24, 2.45) is 0 Å². The molecule has 0 saturated carbocycles. The van der Waals surface area contributed by atoms with Gasteiger partial charge in [0.25, 0.3) is 0 Å². The summed E-state index contributed by atoms with van der Waals surface area (Å²) in [5.41, 5.74) is 0.532. The van der Waals surface area contributed by atoms with Crippen molar-refractivity contribution in [2.45, 2.75) is 6.61 Å². The molecule has 1 aromatic heterocycles. The molecule has 0 saturated heterocycles. The summed E-state index contributed by atoms with van der Waals surface area (Å²) in [5, 5.41) is 0. The molecule has 5 nitrogen and oxygen atoms in total. The van der Waals surface area contributed by atoms with Crippen LogP contribution in [0.5, 0.6) is 17.2 Å². The summed E-state index contributed by atoms with van der Waals surface area (Å²) in [5.74, 6) is 3.15. The number of fused-ring (bicyclic) bond motifs is 1. The lowest BCUT2D eigenvalue weighted by atomic mass is 10.1. The summed E-state index contributed by atoms with van der Waals surface area (Å²) in [7, 11) is 0. The predicted octanol–water partition coefficient (Wildman–Crippen LogP) is 4.48. The number of hydrogen-bond acceptors (Lipinski definition) is 5. The Balaban J connectivity index is 1.38. The van der Waals surface area contributed by atoms with Gasteiger partial charge in [-0.2, -0.15) is 0 Å². The fraction of sp³-hybridized carbons (Fsp3) is 0.0952. The minimum atomic E-state index is -0.137. The van der Waals surface area contributed by atoms with E-state index >= 15 is 0 Å². The second-order valence-corrected chi connectivity index (χ2v) is 5.67. The van der Waals surface area contributed by atoms with Gasteiger partial charge < -0.3 is 18.6 Å². The normalized spacial score (nSPS) is 12.5. The Morgan fingerprint density at radius 3 is 2.73 bits per heavy atom. The summed E-state index contributed by atoms with van der Waals surface area (Å²) in [6.07, 6.45) is 3.11. The Hall–Kier alpha value is -3.47. The van der Waals surface area contributed by atoms with Crippen molar-refractivity contribution in [1.29, 1.82) is 0 Å². The second kappa shape index (κ2) is 7.19. The molecule has 0 amide bonds. The van der Waals surface area contributed by atoms with Gasteiger partial charge in [-0.3, -0.25) is 4.79 Å². The highest BCUT2D eigenvalue weighted by atomic mass is 16.7. The number of allylic oxidation sites excluding steroid dienone is 1. The highest BCUT2D eigenvalue weighted by molar-refractivity contribution is 6.07. The van der Waals surface area contributed by atoms with Gasteiger partial charge in [0.05, 0.1) is 0 Å². The van der Waals surface area contributed by atoms with Gasteiger partial charge in [-0.25, -0.2) is 0 Å². The molecule has 1 aliphatic heterocycles. The Labute approximate surface area is 150 Å². The van der Waals surface area contributed by atoms with Crippen LogP contribution in [0.4, 0.5) is 0 Å². The molecule has 4 rings (SSSR count). The molecule has 0 bridgehead atoms. The van der Waals surface area contributed by atoms with E-state index in [-0.39, 0.29) is 12.6 Å². The Bertz CT molecular complexity index is 940. The van der Waals surface area contributed by atoms with E-state index in [0.717, 1.165) is 5.75 Å². The Kier molecular flexibility index (Phi) is 4.43. The number of carbonyl (C=O) groups is 1. The average molecular weight is 348 g/mol. The summed E-state index contributed by atoms with van der Waals surface area (Å²) >= 11 is 0. The monoisotopic (exact) mass is 348 g/mol. The maximum atomic E-state index is 12.3. The van der Waals surface area contributed by atoms with Crippen LogP contribution in [-0.2, 0) is 6.61 Å². The molecular formula is C21H16O5. The number of para-hydroxylation sites is 1. The molecule has 0 fully saturated rings. The fourth-order valence-electron chi connectivity index (χ4n) is 2.54. The lowest BCUT2D eigenvalue weighted by molar-refractivity contribution is 0.104. The molecule has 26 heavy (non-hydrogen) atoms. The summed E-state index contributed by atoms with van der Waals surface area (Å²) in [6, 6.07) is 18.3. The highest BCUT2D eigenvalue weighted by Gasteiger charge is 2.15. The number of furan rings is 1. The van der Waals surface area contributed by atoms with Crippen LogP contribution in [0.1, 0.15) is 21.9 Å². The van der Waals surface area contributed by atoms with E-state index in [9.17, 15) is 4.79 Å². The molecule has 0 aliphatic carbocycles. The number of hydrogen-bond donors (Lipinski definition) is 0. The molecule has 3 aromatic rings. The lowest BCUT2D eigenvalue weighted by Crippen LogP contribution is -1.94. The molecular weight excluding hydrogens is 332 g/mol. The van der Waals surface area contributed by atoms with E-state index < -0.39 is 0 Å². The van der Waals surface area contributed by atoms with Gasteiger partial charge in [0.1, 0.15) is 23.9 Å². The zero-order chi connectivity index (χ0) is 17.8. The van der Waals surface area contributed by atoms with E-state index in [2.05, 4.69) is 0 Å². The number of ether oxygens (including phenoxy) is 3. The van der Waals surface area contributed by atoms with E-state index in [1.54, 1.807) is 30.3 Å². The Morgan fingerprint density at radius 1 is 1.00 bits per heavy atom. The number of carbonyl (C=O) groups excluding carboxylic acids is 1. The van der Waals surface area contributed by atoms with Crippen molar-refractivity contribution in [3.63, 3.8) is 0 Å². The van der Waals surface area contributed by atoms with Crippen molar-refractivity contribution < 1.29 is 23.4 Å². The summed E-state index contributed by atoms with van der Waals surface area (Å²) in [4.78, 5) is 12.3. The first-order valence-corrected chi connectivity index (χ1v) is 8.16. The van der Waals surface area contributed by atoms with Crippen LogP contribution in [0.3, 0.4) is 0 Å². The molecule has 0 spiro atoms. The third-order valence-electron chi connectivity index (χ3n) is 3.86. The van der Waals surface area contributed by atoms with Gasteiger partial charge in [0.2, 0.25) is 6.79 Å². The number of benzene rings is 2. The maximum Gasteiger partial charge on any atom is 0.231 e. The molecule has 2 aromatic carbocycles. The number of ketones is 1. The topological polar surface area (TPSA) is 57.9 Å². The molecule has 0 radical (unpaired) electrons. The van der Waals surface area contributed by atoms with Gasteiger partial charge in [0, 0.05) is 5.56 Å². The second-order valence-electron chi connectivity index (χ2n) is 5.67. The molecule has 5 heteroatoms. The molecule has 0 atom stereocenters. The van der Waals surface area contributed by atoms with E-state index in [1.807, 2.05) is 36.4 Å². The quantitative estimate of drug-likeness (QED) is 0.485. The largest absolute Gasteiger partial charge is 0.486 e. The molecule has 2 heterocycles. The van der Waals surface area contributed by atoms with Crippen molar-refractivity contribution in [3.8, 4) is 17.2 Å². The van der Waals surface area contributed by atoms with Gasteiger partial charge in [-0.1, -0.05) is 18.2 Å². The first-order chi connectivity index (χ1) is 12.8. The van der Waals surface area contributed by atoms with Crippen LogP contribution in [0.2, 0.25) is 0 Å². The first kappa shape index (κ1) is 16.0. The zero-order valence-electron chi connectivity index (χ0n) is 13.9. The average Bonchev–Trinajstić information content (AvgIpc) is 3.33. The SMILES string of the molecule is O=C(/C=C/c1ccc(COc2ccccc2)o1)c1ccc2c(c1)OCO2. The van der Waals surface area contributed by atoms with Gasteiger partial charge >= 0.3 is 0 Å². The first-order valence-electron chi connectivity index (χ1n) is 8.16. The number of rotatable bonds is 6. The van der Waals surface area contributed by atoms with Crippen molar-refractivity contribution >= 4 is 11.9 Å². The van der Waals surface area contributed by atoms with E-state index in [1.165, 1.54) is 6.08 Å². The maximum absolute atomic E-state index is 12.3. The van der Waals surface area contributed by atoms with Crippen molar-refractivity contribution in [3.05, 3.63) is 83.8 Å². The molecule has 1 aliphatic rings. The third kappa shape index (κ3) is 3.62. The van der Waals surface area contributed by atoms with Crippen LogP contribution in [-0.4, -0.2) is 12.6 Å². The van der Waals surface area contributed by atoms with Crippen LogP contribution in [0.25, 0.3) is 6.08 Å². The predicted molar refractivity (Wildman–Crippen MR) is 95.4 cm³/mol. The van der Waals surface area contributed by atoms with E-state index in [0.29, 0.717) is 35.2 Å². The van der Waals surface area contributed by atoms with Gasteiger partial charge in [-0.15, -0.1) is 0 Å². The van der Waals surface area contributed by atoms with Crippen molar-refractivity contribution in [2.75, 3.05) is 6.79 Å². The highest BCUT2D eigenvalue weighted by Crippen LogP contribution is 2.32. The van der Waals surface area contributed by atoms with Crippen molar-refractivity contribution in [1.82, 2.24) is 0 Å². The summed E-state index contributed by atoms with van der Waals surface area (Å²) < 4.78 is 21.8. The van der Waals surface area contributed by atoms with Gasteiger partial charge in [-0.05, 0) is 54.6 Å². The molecule has 0 N–H and O–H groups in total. The van der Waals surface area contributed by atoms with Gasteiger partial charge in [0.15, 0.2) is 17.3 Å². The van der Waals surface area contributed by atoms with Crippen LogP contribution in [0, 0.1) is 0 Å². The van der Waals surface area contributed by atoms with Crippen LogP contribution < -0.4 is 14.2 Å². The molecule has 130 valence electrons. The Morgan fingerprint density at radius 2 is 1.85 bits per heavy atom. The minimum Gasteiger partial charge on any atom is -0.486 e. The summed E-state index contributed by atoms with van der Waals surface area (Å²) in [6.45, 7) is 0.511. The lowest BCUT2D eigenvalue weighted by Gasteiger charge is -2.02. The zero-order valence-corrected chi connectivity index (χ0v) is 13.9. The minimum absolute atomic E-state index is 0.137. The standard InChI is InChI=1S/C21H16O5/c22-19(15-6-11-20-21(12-15)25-14-24-20)10-9-17-7-8-18(26-17)13-23-16-4-2-1-3-5-16/h1-12H,13-14H2/b10-9+. The van der Waals surface area contributed by atoms with Crippen LogP contribution in [0.15, 0.2) is 71.2 Å². The smallest absolute Gasteiger partial charge is 0.231 e. The van der Waals surface area contributed by atoms with E-state index in [4.69, 9.17) is 18.6 Å². The fourth-order valence-corrected chi connectivity index (χ4v) is 2.54. The molecule has 0 unspecified atom stereocenters. The third-order valence-corrected chi connectivity index (χ3v) is 3.86.